The Labute approximate surface area is 115 Å². The van der Waals surface area contributed by atoms with Crippen molar-refractivity contribution < 1.29 is 4.74 Å². The Morgan fingerprint density at radius 3 is 3.05 bits per heavy atom. The second-order valence-electron chi connectivity index (χ2n) is 5.98. The highest BCUT2D eigenvalue weighted by Gasteiger charge is 2.22. The zero-order chi connectivity index (χ0) is 13.1. The molecule has 0 radical (unpaired) electrons. The summed E-state index contributed by atoms with van der Waals surface area (Å²) in [5.74, 6) is 1.76. The van der Waals surface area contributed by atoms with E-state index in [2.05, 4.69) is 41.4 Å². The Morgan fingerprint density at radius 1 is 1.37 bits per heavy atom. The first-order valence-electron chi connectivity index (χ1n) is 7.47. The maximum absolute atomic E-state index is 5.81. The summed E-state index contributed by atoms with van der Waals surface area (Å²) in [5, 5.41) is 3.62. The number of ether oxygens (including phenoxy) is 1. The minimum Gasteiger partial charge on any atom is -0.492 e. The smallest absolute Gasteiger partial charge is 0.123 e. The van der Waals surface area contributed by atoms with E-state index in [4.69, 9.17) is 4.74 Å². The Kier molecular flexibility index (Phi) is 4.04. The summed E-state index contributed by atoms with van der Waals surface area (Å²) < 4.78 is 5.81. The molecule has 1 saturated carbocycles. The lowest BCUT2D eigenvalue weighted by Crippen LogP contribution is -2.35. The summed E-state index contributed by atoms with van der Waals surface area (Å²) >= 11 is 0. The SMILES string of the molecule is CC(CNC1CC1)CN1CCOc2ccccc2C1. The average Bonchev–Trinajstić information content (AvgIpc) is 3.23. The molecule has 104 valence electrons. The van der Waals surface area contributed by atoms with Crippen molar-refractivity contribution in [2.24, 2.45) is 5.92 Å². The van der Waals surface area contributed by atoms with Gasteiger partial charge >= 0.3 is 0 Å². The summed E-state index contributed by atoms with van der Waals surface area (Å²) in [6.07, 6.45) is 2.75. The molecular formula is C16H24N2O. The van der Waals surface area contributed by atoms with E-state index < -0.39 is 0 Å². The number of nitrogens with zero attached hydrogens (tertiary/aromatic N) is 1. The topological polar surface area (TPSA) is 24.5 Å². The fourth-order valence-corrected chi connectivity index (χ4v) is 2.70. The highest BCUT2D eigenvalue weighted by Crippen LogP contribution is 2.23. The quantitative estimate of drug-likeness (QED) is 0.879. The molecule has 1 aromatic carbocycles. The van der Waals surface area contributed by atoms with Crippen molar-refractivity contribution >= 4 is 0 Å². The van der Waals surface area contributed by atoms with Gasteiger partial charge in [-0.05, 0) is 31.4 Å². The van der Waals surface area contributed by atoms with E-state index in [1.165, 1.54) is 18.4 Å². The van der Waals surface area contributed by atoms with Crippen molar-refractivity contribution in [2.45, 2.75) is 32.4 Å². The zero-order valence-electron chi connectivity index (χ0n) is 11.8. The Balaban J connectivity index is 1.53. The molecule has 1 heterocycles. The molecule has 1 N–H and O–H groups in total. The molecule has 0 bridgehead atoms. The second kappa shape index (κ2) is 5.93. The fraction of sp³-hybridized carbons (Fsp3) is 0.625. The third kappa shape index (κ3) is 3.71. The normalized spacial score (nSPS) is 21.3. The molecular weight excluding hydrogens is 236 g/mol. The van der Waals surface area contributed by atoms with Gasteiger partial charge in [0.25, 0.3) is 0 Å². The maximum Gasteiger partial charge on any atom is 0.123 e. The van der Waals surface area contributed by atoms with Crippen LogP contribution in [-0.4, -0.2) is 37.2 Å². The highest BCUT2D eigenvalue weighted by molar-refractivity contribution is 5.33. The van der Waals surface area contributed by atoms with Gasteiger partial charge in [-0.2, -0.15) is 0 Å². The Morgan fingerprint density at radius 2 is 2.21 bits per heavy atom. The van der Waals surface area contributed by atoms with Crippen molar-refractivity contribution in [3.8, 4) is 5.75 Å². The standard InChI is InChI=1S/C16H24N2O/c1-13(10-17-15-6-7-15)11-18-8-9-19-16-5-3-2-4-14(16)12-18/h2-5,13,15,17H,6-12H2,1H3. The van der Waals surface area contributed by atoms with Crippen LogP contribution in [0.4, 0.5) is 0 Å². The van der Waals surface area contributed by atoms with E-state index in [1.54, 1.807) is 0 Å². The number of nitrogens with one attached hydrogen (secondary N) is 1. The van der Waals surface area contributed by atoms with Crippen LogP contribution in [0, 0.1) is 5.92 Å². The molecule has 1 unspecified atom stereocenters. The third-order valence-electron chi connectivity index (χ3n) is 3.93. The van der Waals surface area contributed by atoms with Crippen LogP contribution in [0.15, 0.2) is 24.3 Å². The van der Waals surface area contributed by atoms with Gasteiger partial charge in [0.1, 0.15) is 12.4 Å². The lowest BCUT2D eigenvalue weighted by Gasteiger charge is -2.23. The number of hydrogen-bond acceptors (Lipinski definition) is 3. The van der Waals surface area contributed by atoms with Gasteiger partial charge in [0, 0.05) is 31.2 Å². The van der Waals surface area contributed by atoms with Gasteiger partial charge < -0.3 is 10.1 Å². The van der Waals surface area contributed by atoms with Gasteiger partial charge in [0.15, 0.2) is 0 Å². The summed E-state index contributed by atoms with van der Waals surface area (Å²) in [4.78, 5) is 2.52. The lowest BCUT2D eigenvalue weighted by atomic mass is 10.1. The first-order chi connectivity index (χ1) is 9.31. The number of para-hydroxylation sites is 1. The van der Waals surface area contributed by atoms with Crippen molar-refractivity contribution in [2.75, 3.05) is 26.2 Å². The van der Waals surface area contributed by atoms with E-state index in [-0.39, 0.29) is 0 Å². The van der Waals surface area contributed by atoms with Gasteiger partial charge in [-0.25, -0.2) is 0 Å². The largest absolute Gasteiger partial charge is 0.492 e. The van der Waals surface area contributed by atoms with Crippen LogP contribution in [0.2, 0.25) is 0 Å². The number of rotatable bonds is 5. The van der Waals surface area contributed by atoms with Crippen LogP contribution in [0.1, 0.15) is 25.3 Å². The molecule has 0 spiro atoms. The van der Waals surface area contributed by atoms with E-state index in [1.807, 2.05) is 0 Å². The number of benzene rings is 1. The average molecular weight is 260 g/mol. The van der Waals surface area contributed by atoms with Gasteiger partial charge in [-0.1, -0.05) is 25.1 Å². The molecule has 3 rings (SSSR count). The van der Waals surface area contributed by atoms with Crippen LogP contribution in [-0.2, 0) is 6.54 Å². The van der Waals surface area contributed by atoms with Gasteiger partial charge in [-0.3, -0.25) is 4.90 Å². The molecule has 0 amide bonds. The Hall–Kier alpha value is -1.06. The van der Waals surface area contributed by atoms with E-state index in [0.717, 1.165) is 44.6 Å². The van der Waals surface area contributed by atoms with Gasteiger partial charge in [0.2, 0.25) is 0 Å². The predicted molar refractivity (Wildman–Crippen MR) is 77.4 cm³/mol. The fourth-order valence-electron chi connectivity index (χ4n) is 2.70. The first-order valence-corrected chi connectivity index (χ1v) is 7.47. The molecule has 1 fully saturated rings. The molecule has 1 aliphatic heterocycles. The summed E-state index contributed by atoms with van der Waals surface area (Å²) in [7, 11) is 0. The van der Waals surface area contributed by atoms with Crippen LogP contribution in [0.25, 0.3) is 0 Å². The monoisotopic (exact) mass is 260 g/mol. The van der Waals surface area contributed by atoms with Crippen molar-refractivity contribution in [3.05, 3.63) is 29.8 Å². The molecule has 3 nitrogen and oxygen atoms in total. The van der Waals surface area contributed by atoms with Crippen LogP contribution < -0.4 is 10.1 Å². The maximum atomic E-state index is 5.81. The lowest BCUT2D eigenvalue weighted by molar-refractivity contribution is 0.201. The first kappa shape index (κ1) is 12.9. The van der Waals surface area contributed by atoms with Crippen LogP contribution >= 0.6 is 0 Å². The minimum atomic E-state index is 0.700. The highest BCUT2D eigenvalue weighted by atomic mass is 16.5. The summed E-state index contributed by atoms with van der Waals surface area (Å²) in [6, 6.07) is 9.23. The minimum absolute atomic E-state index is 0.700. The van der Waals surface area contributed by atoms with Crippen LogP contribution in [0.5, 0.6) is 5.75 Å². The number of fused-ring (bicyclic) bond motifs is 1. The van der Waals surface area contributed by atoms with Crippen molar-refractivity contribution in [1.29, 1.82) is 0 Å². The van der Waals surface area contributed by atoms with E-state index in [9.17, 15) is 0 Å². The van der Waals surface area contributed by atoms with Crippen LogP contribution in [0.3, 0.4) is 0 Å². The predicted octanol–water partition coefficient (Wildman–Crippen LogP) is 2.27. The molecule has 0 saturated heterocycles. The molecule has 1 aliphatic carbocycles. The van der Waals surface area contributed by atoms with E-state index >= 15 is 0 Å². The van der Waals surface area contributed by atoms with Gasteiger partial charge in [-0.15, -0.1) is 0 Å². The third-order valence-corrected chi connectivity index (χ3v) is 3.93. The van der Waals surface area contributed by atoms with E-state index in [0.29, 0.717) is 5.92 Å². The zero-order valence-corrected chi connectivity index (χ0v) is 11.8. The second-order valence-corrected chi connectivity index (χ2v) is 5.98. The van der Waals surface area contributed by atoms with Crippen molar-refractivity contribution in [1.82, 2.24) is 10.2 Å². The summed E-state index contributed by atoms with van der Waals surface area (Å²) in [5.41, 5.74) is 1.32. The molecule has 1 atom stereocenters. The number of hydrogen-bond donors (Lipinski definition) is 1. The molecule has 1 aromatic rings. The molecule has 19 heavy (non-hydrogen) atoms. The molecule has 2 aliphatic rings. The molecule has 3 heteroatoms. The summed E-state index contributed by atoms with van der Waals surface area (Å²) in [6.45, 7) is 7.49. The molecule has 0 aromatic heterocycles. The van der Waals surface area contributed by atoms with Gasteiger partial charge in [0.05, 0.1) is 0 Å². The Bertz CT molecular complexity index is 417. The van der Waals surface area contributed by atoms with Crippen molar-refractivity contribution in [3.63, 3.8) is 0 Å².